The summed E-state index contributed by atoms with van der Waals surface area (Å²) in [5.41, 5.74) is 0. The summed E-state index contributed by atoms with van der Waals surface area (Å²) < 4.78 is 16.1. The van der Waals surface area contributed by atoms with Crippen molar-refractivity contribution < 1.29 is 14.6 Å². The minimum Gasteiger partial charge on any atom is -0.501 e. The second-order valence-electron chi connectivity index (χ2n) is 3.35. The average molecular weight is 320 g/mol. The first-order chi connectivity index (χ1) is 7.34. The molecule has 0 unspecified atom stereocenters. The van der Waals surface area contributed by atoms with Crippen LogP contribution in [0.2, 0.25) is 0 Å². The first-order valence-electron chi connectivity index (χ1n) is 4.95. The number of aliphatic hydroxyl groups excluding tert-OH is 1. The van der Waals surface area contributed by atoms with Crippen molar-refractivity contribution in [2.75, 3.05) is 6.61 Å². The zero-order valence-corrected chi connectivity index (χ0v) is 10.4. The summed E-state index contributed by atoms with van der Waals surface area (Å²) in [5, 5.41) is 9.24. The van der Waals surface area contributed by atoms with E-state index >= 15 is 0 Å². The Kier molecular flexibility index (Phi) is 4.00. The Labute approximate surface area is 98.8 Å². The largest absolute Gasteiger partial charge is 0.501 e. The summed E-state index contributed by atoms with van der Waals surface area (Å²) in [6, 6.07) is 0. The molecule has 1 fully saturated rings. The standard InChI is InChI=1S/C11H13IO3/c13-9-4-5-10(8-12-7-9)15-11-3-1-2-6-14-11/h4-5,8,11,13H,1-3,6H2/t11-/m1/s1. The maximum Gasteiger partial charge on any atom is 0.199 e. The molecule has 0 aromatic heterocycles. The smallest absolute Gasteiger partial charge is 0.199 e. The fourth-order valence-corrected chi connectivity index (χ4v) is 2.70. The topological polar surface area (TPSA) is 38.7 Å². The minimum absolute atomic E-state index is 0.112. The van der Waals surface area contributed by atoms with Crippen molar-refractivity contribution in [3.8, 4) is 0 Å². The van der Waals surface area contributed by atoms with E-state index < -0.39 is 0 Å². The molecule has 1 N–H and O–H groups in total. The molecule has 3 nitrogen and oxygen atoms in total. The molecular formula is C11H13IO3. The molecule has 0 radical (unpaired) electrons. The maximum atomic E-state index is 9.24. The van der Waals surface area contributed by atoms with Crippen molar-refractivity contribution in [3.05, 3.63) is 27.8 Å². The molecule has 1 saturated heterocycles. The van der Waals surface area contributed by atoms with Crippen LogP contribution in [-0.4, -0.2) is 21.7 Å². The second kappa shape index (κ2) is 5.49. The number of allylic oxidation sites excluding steroid dienone is 2. The Morgan fingerprint density at radius 2 is 2.40 bits per heavy atom. The molecule has 0 aromatic rings. The fourth-order valence-electron chi connectivity index (χ4n) is 1.39. The molecule has 4 heteroatoms. The lowest BCUT2D eigenvalue weighted by molar-refractivity contribution is -0.135. The van der Waals surface area contributed by atoms with Gasteiger partial charge in [0.25, 0.3) is 0 Å². The van der Waals surface area contributed by atoms with Gasteiger partial charge in [0, 0.05) is 10.5 Å². The Bertz CT molecular complexity index is 345. The van der Waals surface area contributed by atoms with E-state index in [0.717, 1.165) is 31.6 Å². The molecule has 1 atom stereocenters. The Balaban J connectivity index is 1.93. The predicted molar refractivity (Wildman–Crippen MR) is 67.1 cm³/mol. The molecule has 0 spiro atoms. The van der Waals surface area contributed by atoms with Crippen LogP contribution in [0.15, 0.2) is 27.8 Å². The molecule has 0 aliphatic carbocycles. The van der Waals surface area contributed by atoms with Crippen LogP contribution in [0.5, 0.6) is 0 Å². The predicted octanol–water partition coefficient (Wildman–Crippen LogP) is 2.75. The SMILES string of the molecule is OC1=C=IC=C(O[C@@H]2CCCCO2)C=C1. The number of ether oxygens (including phenoxy) is 2. The van der Waals surface area contributed by atoms with Crippen molar-refractivity contribution in [1.82, 2.24) is 0 Å². The van der Waals surface area contributed by atoms with Gasteiger partial charge in [-0.05, 0) is 49.4 Å². The van der Waals surface area contributed by atoms with Gasteiger partial charge >= 0.3 is 0 Å². The van der Waals surface area contributed by atoms with Crippen LogP contribution in [0.1, 0.15) is 19.3 Å². The first kappa shape index (κ1) is 10.9. The molecule has 0 aromatic carbocycles. The van der Waals surface area contributed by atoms with Gasteiger partial charge in [0.15, 0.2) is 12.0 Å². The van der Waals surface area contributed by atoms with Gasteiger partial charge in [0.1, 0.15) is 5.76 Å². The Hall–Kier alpha value is -0.580. The van der Waals surface area contributed by atoms with E-state index in [2.05, 4.69) is 3.67 Å². The summed E-state index contributed by atoms with van der Waals surface area (Å²) in [4.78, 5) is 0. The summed E-state index contributed by atoms with van der Waals surface area (Å²) >= 11 is -0.364. The van der Waals surface area contributed by atoms with Crippen molar-refractivity contribution in [2.24, 2.45) is 0 Å². The molecule has 0 amide bonds. The number of rotatable bonds is 2. The summed E-state index contributed by atoms with van der Waals surface area (Å²) in [6.07, 6.45) is 6.50. The van der Waals surface area contributed by atoms with E-state index in [9.17, 15) is 5.11 Å². The monoisotopic (exact) mass is 320 g/mol. The van der Waals surface area contributed by atoms with Crippen molar-refractivity contribution >= 4 is 24.4 Å². The van der Waals surface area contributed by atoms with Crippen LogP contribution in [-0.2, 0) is 9.47 Å². The van der Waals surface area contributed by atoms with Gasteiger partial charge in [0.05, 0.1) is 6.61 Å². The van der Waals surface area contributed by atoms with Crippen LogP contribution >= 0.6 is 20.7 Å². The van der Waals surface area contributed by atoms with Gasteiger partial charge in [-0.25, -0.2) is 0 Å². The lowest BCUT2D eigenvalue weighted by Gasteiger charge is -2.23. The van der Waals surface area contributed by atoms with Gasteiger partial charge in [-0.3, -0.25) is 0 Å². The molecule has 0 bridgehead atoms. The lowest BCUT2D eigenvalue weighted by Crippen LogP contribution is -2.21. The highest BCUT2D eigenvalue weighted by molar-refractivity contribution is 14.2. The van der Waals surface area contributed by atoms with E-state index in [1.807, 2.05) is 4.08 Å². The minimum atomic E-state index is -0.364. The zero-order valence-electron chi connectivity index (χ0n) is 8.28. The van der Waals surface area contributed by atoms with Gasteiger partial charge < -0.3 is 14.6 Å². The van der Waals surface area contributed by atoms with Gasteiger partial charge in [0.2, 0.25) is 0 Å². The maximum absolute atomic E-state index is 9.24. The molecule has 2 aliphatic heterocycles. The van der Waals surface area contributed by atoms with Crippen LogP contribution in [0.3, 0.4) is 0 Å². The van der Waals surface area contributed by atoms with Crippen molar-refractivity contribution in [3.63, 3.8) is 0 Å². The van der Waals surface area contributed by atoms with Crippen molar-refractivity contribution in [2.45, 2.75) is 25.6 Å². The van der Waals surface area contributed by atoms with E-state index in [4.69, 9.17) is 9.47 Å². The van der Waals surface area contributed by atoms with Crippen molar-refractivity contribution in [1.29, 1.82) is 0 Å². The number of hydrogen-bond acceptors (Lipinski definition) is 3. The quantitative estimate of drug-likeness (QED) is 0.795. The van der Waals surface area contributed by atoms with Gasteiger partial charge in [-0.2, -0.15) is 0 Å². The lowest BCUT2D eigenvalue weighted by atomic mass is 10.2. The summed E-state index contributed by atoms with van der Waals surface area (Å²) in [7, 11) is 0. The summed E-state index contributed by atoms with van der Waals surface area (Å²) in [5.74, 6) is 1.01. The zero-order chi connectivity index (χ0) is 10.5. The normalized spacial score (nSPS) is 26.0. The number of aliphatic hydroxyl groups is 1. The van der Waals surface area contributed by atoms with Crippen LogP contribution in [0.4, 0.5) is 0 Å². The highest BCUT2D eigenvalue weighted by atomic mass is 127. The summed E-state index contributed by atoms with van der Waals surface area (Å²) in [6.45, 7) is 0.784. The van der Waals surface area contributed by atoms with Crippen LogP contribution in [0, 0.1) is 0 Å². The molecule has 2 aliphatic rings. The molecular weight excluding hydrogens is 307 g/mol. The number of halogens is 1. The highest BCUT2D eigenvalue weighted by Crippen LogP contribution is 2.20. The third-order valence-corrected chi connectivity index (χ3v) is 3.91. The molecule has 2 rings (SSSR count). The van der Waals surface area contributed by atoms with E-state index in [1.165, 1.54) is 0 Å². The molecule has 2 heterocycles. The van der Waals surface area contributed by atoms with Crippen LogP contribution < -0.4 is 0 Å². The molecule has 0 saturated carbocycles. The third kappa shape index (κ3) is 3.48. The Morgan fingerprint density at radius 1 is 1.47 bits per heavy atom. The van der Waals surface area contributed by atoms with E-state index in [1.54, 1.807) is 12.2 Å². The second-order valence-corrected chi connectivity index (χ2v) is 5.13. The van der Waals surface area contributed by atoms with Gasteiger partial charge in [-0.1, -0.05) is 0 Å². The molecule has 15 heavy (non-hydrogen) atoms. The van der Waals surface area contributed by atoms with E-state index in [-0.39, 0.29) is 32.8 Å². The number of hydrogen-bond donors (Lipinski definition) is 1. The van der Waals surface area contributed by atoms with Crippen LogP contribution in [0.25, 0.3) is 0 Å². The highest BCUT2D eigenvalue weighted by Gasteiger charge is 2.15. The van der Waals surface area contributed by atoms with E-state index in [0.29, 0.717) is 0 Å². The van der Waals surface area contributed by atoms with Gasteiger partial charge in [-0.15, -0.1) is 0 Å². The first-order valence-corrected chi connectivity index (χ1v) is 7.28. The fraction of sp³-hybridized carbons (Fsp3) is 0.455. The average Bonchev–Trinajstić information content (AvgIpc) is 2.46. The third-order valence-electron chi connectivity index (χ3n) is 2.12. The Morgan fingerprint density at radius 3 is 3.20 bits per heavy atom. The molecule has 82 valence electrons.